The molecule has 1 amide bonds. The van der Waals surface area contributed by atoms with Crippen molar-refractivity contribution in [1.82, 2.24) is 4.90 Å². The molecular weight excluding hydrogens is 466 g/mol. The monoisotopic (exact) mass is 493 g/mol. The molecule has 0 radical (unpaired) electrons. The molecule has 10 heteroatoms. The molecule has 1 aromatic heterocycles. The van der Waals surface area contributed by atoms with Crippen LogP contribution in [0.25, 0.3) is 0 Å². The maximum absolute atomic E-state index is 12.9. The first kappa shape index (κ1) is 27.9. The van der Waals surface area contributed by atoms with Crippen molar-refractivity contribution in [2.45, 2.75) is 63.3 Å². The van der Waals surface area contributed by atoms with Crippen LogP contribution in [0, 0.1) is 0 Å². The molecule has 1 fully saturated rings. The number of amides is 1. The van der Waals surface area contributed by atoms with Gasteiger partial charge in [0.15, 0.2) is 0 Å². The van der Waals surface area contributed by atoms with Gasteiger partial charge in [-0.15, -0.1) is 11.3 Å². The van der Waals surface area contributed by atoms with Crippen molar-refractivity contribution in [2.24, 2.45) is 0 Å². The van der Waals surface area contributed by atoms with Crippen LogP contribution in [0.2, 0.25) is 0 Å². The molecule has 5 nitrogen and oxygen atoms in total. The standard InChI is InChI=1S/C23H26F3NO4S.Na.H/c24-23(25,26)16-4-1-3-15(13-16)14-18(28)8-6-17-7-11-21(29)27(17)12-2-5-19-9-10-20(32-19)22(30)31;;/h1,3-4,9-10,13,17-18,28H,2,5-8,11-12,14H2,(H,30,31);;/t17-,18?;;/m0../s1. The Morgan fingerprint density at radius 3 is 2.67 bits per heavy atom. The Morgan fingerprint density at radius 1 is 1.24 bits per heavy atom. The van der Waals surface area contributed by atoms with Gasteiger partial charge in [0, 0.05) is 23.9 Å². The second kappa shape index (κ2) is 12.4. The van der Waals surface area contributed by atoms with E-state index in [9.17, 15) is 27.9 Å². The third-order valence-corrected chi connectivity index (χ3v) is 6.84. The fourth-order valence-corrected chi connectivity index (χ4v) is 4.97. The zero-order chi connectivity index (χ0) is 23.3. The second-order valence-corrected chi connectivity index (χ2v) is 9.26. The number of benzene rings is 1. The summed E-state index contributed by atoms with van der Waals surface area (Å²) in [5, 5.41) is 19.3. The molecule has 2 N–H and O–H groups in total. The van der Waals surface area contributed by atoms with Crippen molar-refractivity contribution in [3.63, 3.8) is 0 Å². The summed E-state index contributed by atoms with van der Waals surface area (Å²) in [6.45, 7) is 0.563. The van der Waals surface area contributed by atoms with Gasteiger partial charge in [0.1, 0.15) is 4.88 Å². The van der Waals surface area contributed by atoms with E-state index >= 15 is 0 Å². The van der Waals surface area contributed by atoms with E-state index in [0.717, 1.165) is 17.0 Å². The summed E-state index contributed by atoms with van der Waals surface area (Å²) in [7, 11) is 0. The van der Waals surface area contributed by atoms with Gasteiger partial charge in [0.2, 0.25) is 5.91 Å². The number of hydrogen-bond donors (Lipinski definition) is 2. The maximum atomic E-state index is 12.9. The normalized spacial score (nSPS) is 17.2. The molecule has 1 aromatic carbocycles. The molecule has 1 saturated heterocycles. The number of rotatable bonds is 10. The molecule has 2 atom stereocenters. The van der Waals surface area contributed by atoms with Crippen LogP contribution in [-0.4, -0.2) is 75.2 Å². The first-order chi connectivity index (χ1) is 15.1. The van der Waals surface area contributed by atoms with E-state index in [1.807, 2.05) is 4.90 Å². The molecule has 1 aliphatic heterocycles. The van der Waals surface area contributed by atoms with E-state index in [-0.39, 0.29) is 47.9 Å². The summed E-state index contributed by atoms with van der Waals surface area (Å²) in [4.78, 5) is 26.3. The number of aliphatic hydroxyl groups is 1. The number of likely N-dealkylation sites (tertiary alicyclic amines) is 1. The third kappa shape index (κ3) is 8.10. The van der Waals surface area contributed by atoms with Crippen LogP contribution in [-0.2, 0) is 23.8 Å². The van der Waals surface area contributed by atoms with E-state index < -0.39 is 23.8 Å². The van der Waals surface area contributed by atoms with Crippen molar-refractivity contribution in [3.05, 3.63) is 57.3 Å². The average Bonchev–Trinajstić information content (AvgIpc) is 3.34. The van der Waals surface area contributed by atoms with Crippen LogP contribution in [0.5, 0.6) is 0 Å². The molecule has 2 aromatic rings. The van der Waals surface area contributed by atoms with Gasteiger partial charge in [-0.1, -0.05) is 18.2 Å². The molecule has 33 heavy (non-hydrogen) atoms. The molecule has 0 spiro atoms. The summed E-state index contributed by atoms with van der Waals surface area (Å²) in [5.74, 6) is -0.875. The molecule has 2 heterocycles. The Morgan fingerprint density at radius 2 is 2.00 bits per heavy atom. The zero-order valence-corrected chi connectivity index (χ0v) is 18.3. The molecule has 176 valence electrons. The number of carboxylic acids is 1. The number of nitrogens with zero attached hydrogens (tertiary/aromatic N) is 1. The van der Waals surface area contributed by atoms with Crippen molar-refractivity contribution in [1.29, 1.82) is 0 Å². The summed E-state index contributed by atoms with van der Waals surface area (Å²) < 4.78 is 38.6. The van der Waals surface area contributed by atoms with E-state index in [2.05, 4.69) is 0 Å². The van der Waals surface area contributed by atoms with Crippen molar-refractivity contribution >= 4 is 52.8 Å². The van der Waals surface area contributed by atoms with E-state index in [1.165, 1.54) is 17.4 Å². The van der Waals surface area contributed by atoms with Crippen molar-refractivity contribution < 1.29 is 33.0 Å². The first-order valence-corrected chi connectivity index (χ1v) is 11.4. The molecule has 0 saturated carbocycles. The number of halogens is 3. The number of carbonyl (C=O) groups excluding carboxylic acids is 1. The Labute approximate surface area is 216 Å². The minimum atomic E-state index is -4.41. The Kier molecular flexibility index (Phi) is 10.4. The number of aliphatic hydroxyl groups excluding tert-OH is 1. The summed E-state index contributed by atoms with van der Waals surface area (Å²) in [6, 6.07) is 8.38. The molecular formula is C23H27F3NNaO4S. The van der Waals surface area contributed by atoms with Crippen LogP contribution < -0.4 is 0 Å². The molecule has 0 aliphatic carbocycles. The van der Waals surface area contributed by atoms with E-state index in [0.29, 0.717) is 55.5 Å². The van der Waals surface area contributed by atoms with Crippen LogP contribution in [0.15, 0.2) is 36.4 Å². The van der Waals surface area contributed by atoms with Gasteiger partial charge >= 0.3 is 41.7 Å². The van der Waals surface area contributed by atoms with Crippen LogP contribution in [0.3, 0.4) is 0 Å². The summed E-state index contributed by atoms with van der Waals surface area (Å²) >= 11 is 1.24. The van der Waals surface area contributed by atoms with Crippen molar-refractivity contribution in [2.75, 3.05) is 6.54 Å². The van der Waals surface area contributed by atoms with Crippen LogP contribution >= 0.6 is 11.3 Å². The predicted molar refractivity (Wildman–Crippen MR) is 122 cm³/mol. The minimum absolute atomic E-state index is 0. The van der Waals surface area contributed by atoms with Gasteiger partial charge in [-0.3, -0.25) is 4.79 Å². The second-order valence-electron chi connectivity index (χ2n) is 8.09. The number of carboxylic acid groups (broad SMARTS) is 1. The first-order valence-electron chi connectivity index (χ1n) is 10.6. The van der Waals surface area contributed by atoms with Gasteiger partial charge in [0.25, 0.3) is 0 Å². The van der Waals surface area contributed by atoms with Gasteiger partial charge in [-0.2, -0.15) is 13.2 Å². The topological polar surface area (TPSA) is 77.8 Å². The van der Waals surface area contributed by atoms with Crippen LogP contribution in [0.1, 0.15) is 57.8 Å². The van der Waals surface area contributed by atoms with Crippen molar-refractivity contribution in [3.8, 4) is 0 Å². The SMILES string of the molecule is O=C(O)c1ccc(CCCN2C(=O)CC[C@@H]2CCC(O)Cc2cccc(C(F)(F)F)c2)s1.[NaH]. The number of aryl methyl sites for hydroxylation is 1. The van der Waals surface area contributed by atoms with Gasteiger partial charge in [0.05, 0.1) is 11.7 Å². The number of thiophene rings is 1. The molecule has 1 aliphatic rings. The Bertz CT molecular complexity index is 950. The number of carbonyl (C=O) groups is 2. The van der Waals surface area contributed by atoms with Gasteiger partial charge in [-0.25, -0.2) is 4.79 Å². The third-order valence-electron chi connectivity index (χ3n) is 5.71. The zero-order valence-electron chi connectivity index (χ0n) is 17.5. The fourth-order valence-electron chi connectivity index (χ4n) is 4.09. The number of hydrogen-bond acceptors (Lipinski definition) is 4. The molecule has 1 unspecified atom stereocenters. The van der Waals surface area contributed by atoms with E-state index in [1.54, 1.807) is 18.2 Å². The average molecular weight is 494 g/mol. The number of aromatic carboxylic acids is 1. The Hall–Kier alpha value is -1.39. The van der Waals surface area contributed by atoms with Gasteiger partial charge < -0.3 is 15.1 Å². The Balaban J connectivity index is 0.00000385. The quantitative estimate of drug-likeness (QED) is 0.488. The number of alkyl halides is 3. The van der Waals surface area contributed by atoms with E-state index in [4.69, 9.17) is 5.11 Å². The molecule has 0 bridgehead atoms. The fraction of sp³-hybridized carbons (Fsp3) is 0.478. The molecule has 3 rings (SSSR count). The summed E-state index contributed by atoms with van der Waals surface area (Å²) in [6.07, 6.45) is -1.50. The summed E-state index contributed by atoms with van der Waals surface area (Å²) in [5.41, 5.74) is -0.292. The van der Waals surface area contributed by atoms with Gasteiger partial charge in [-0.05, 0) is 62.3 Å². The predicted octanol–water partition coefficient (Wildman–Crippen LogP) is 4.12. The van der Waals surface area contributed by atoms with Crippen LogP contribution in [0.4, 0.5) is 13.2 Å².